The summed E-state index contributed by atoms with van der Waals surface area (Å²) >= 11 is 0. The van der Waals surface area contributed by atoms with E-state index in [0.717, 1.165) is 11.3 Å². The summed E-state index contributed by atoms with van der Waals surface area (Å²) in [6, 6.07) is 12.2. The van der Waals surface area contributed by atoms with Crippen LogP contribution >= 0.6 is 0 Å². The van der Waals surface area contributed by atoms with Crippen molar-refractivity contribution in [3.8, 4) is 11.6 Å². The van der Waals surface area contributed by atoms with Crippen molar-refractivity contribution in [1.29, 1.82) is 0 Å². The average Bonchev–Trinajstić information content (AvgIpc) is 2.53. The molecule has 0 fully saturated rings. The van der Waals surface area contributed by atoms with Crippen LogP contribution in [0.2, 0.25) is 0 Å². The highest BCUT2D eigenvalue weighted by Gasteiger charge is 2.08. The van der Waals surface area contributed by atoms with Gasteiger partial charge in [0.2, 0.25) is 5.88 Å². The molecule has 1 aromatic heterocycles. The number of ether oxygens (including phenoxy) is 2. The summed E-state index contributed by atoms with van der Waals surface area (Å²) in [4.78, 5) is 4.19. The van der Waals surface area contributed by atoms with Gasteiger partial charge in [-0.3, -0.25) is 0 Å². The van der Waals surface area contributed by atoms with Gasteiger partial charge in [0.25, 0.3) is 0 Å². The first-order valence-electron chi connectivity index (χ1n) is 6.60. The van der Waals surface area contributed by atoms with E-state index in [1.54, 1.807) is 20.4 Å². The van der Waals surface area contributed by atoms with Gasteiger partial charge in [-0.05, 0) is 30.7 Å². The molecule has 20 heavy (non-hydrogen) atoms. The van der Waals surface area contributed by atoms with E-state index in [-0.39, 0.29) is 6.04 Å². The zero-order valence-electron chi connectivity index (χ0n) is 12.1. The molecule has 1 N–H and O–H groups in total. The Morgan fingerprint density at radius 2 is 1.85 bits per heavy atom. The molecule has 1 heterocycles. The first-order chi connectivity index (χ1) is 9.74. The topological polar surface area (TPSA) is 43.4 Å². The van der Waals surface area contributed by atoms with Crippen molar-refractivity contribution < 1.29 is 9.47 Å². The molecule has 0 unspecified atom stereocenters. The smallest absolute Gasteiger partial charge is 0.217 e. The summed E-state index contributed by atoms with van der Waals surface area (Å²) in [6.07, 6.45) is 1.73. The Labute approximate surface area is 119 Å². The van der Waals surface area contributed by atoms with E-state index in [9.17, 15) is 0 Å². The maximum absolute atomic E-state index is 5.25. The van der Waals surface area contributed by atoms with Gasteiger partial charge in [0, 0.05) is 24.3 Å². The molecule has 0 saturated heterocycles. The van der Waals surface area contributed by atoms with Crippen LogP contribution in [0, 0.1) is 0 Å². The van der Waals surface area contributed by atoms with Gasteiger partial charge in [0.05, 0.1) is 14.2 Å². The Bertz CT molecular complexity index is 540. The number of hydrogen-bond donors (Lipinski definition) is 1. The molecule has 0 aliphatic rings. The third-order valence-electron chi connectivity index (χ3n) is 3.26. The molecule has 0 radical (unpaired) electrons. The fourth-order valence-electron chi connectivity index (χ4n) is 2.02. The van der Waals surface area contributed by atoms with Crippen LogP contribution in [0.25, 0.3) is 0 Å². The van der Waals surface area contributed by atoms with E-state index in [0.29, 0.717) is 12.4 Å². The van der Waals surface area contributed by atoms with Crippen LogP contribution in [-0.2, 0) is 6.54 Å². The number of methoxy groups -OCH3 is 2. The van der Waals surface area contributed by atoms with Gasteiger partial charge < -0.3 is 14.8 Å². The number of aromatic nitrogens is 1. The Hall–Kier alpha value is -2.07. The number of nitrogens with zero attached hydrogens (tertiary/aromatic N) is 1. The minimum Gasteiger partial charge on any atom is -0.497 e. The largest absolute Gasteiger partial charge is 0.497 e. The number of benzene rings is 1. The molecular formula is C16H20N2O2. The second kappa shape index (κ2) is 6.91. The lowest BCUT2D eigenvalue weighted by Crippen LogP contribution is -2.18. The number of nitrogens with one attached hydrogen (secondary N) is 1. The van der Waals surface area contributed by atoms with E-state index < -0.39 is 0 Å². The van der Waals surface area contributed by atoms with Gasteiger partial charge >= 0.3 is 0 Å². The molecule has 106 valence electrons. The Morgan fingerprint density at radius 3 is 2.50 bits per heavy atom. The molecule has 0 amide bonds. The van der Waals surface area contributed by atoms with Gasteiger partial charge in [-0.1, -0.05) is 18.2 Å². The van der Waals surface area contributed by atoms with Gasteiger partial charge in [0.15, 0.2) is 0 Å². The van der Waals surface area contributed by atoms with E-state index >= 15 is 0 Å². The highest BCUT2D eigenvalue weighted by molar-refractivity contribution is 5.29. The van der Waals surface area contributed by atoms with Crippen molar-refractivity contribution >= 4 is 0 Å². The normalized spacial score (nSPS) is 11.9. The summed E-state index contributed by atoms with van der Waals surface area (Å²) in [6.45, 7) is 2.84. The first-order valence-corrected chi connectivity index (χ1v) is 6.60. The lowest BCUT2D eigenvalue weighted by molar-refractivity contribution is 0.389. The predicted molar refractivity (Wildman–Crippen MR) is 79.0 cm³/mol. The maximum atomic E-state index is 5.25. The van der Waals surface area contributed by atoms with Crippen molar-refractivity contribution in [2.45, 2.75) is 19.5 Å². The van der Waals surface area contributed by atoms with E-state index in [1.165, 1.54) is 5.56 Å². The zero-order chi connectivity index (χ0) is 14.4. The molecule has 1 atom stereocenters. The van der Waals surface area contributed by atoms with E-state index in [4.69, 9.17) is 9.47 Å². The quantitative estimate of drug-likeness (QED) is 0.878. The van der Waals surface area contributed by atoms with Gasteiger partial charge in [-0.15, -0.1) is 0 Å². The molecule has 0 aliphatic carbocycles. The average molecular weight is 272 g/mol. The third-order valence-corrected chi connectivity index (χ3v) is 3.26. The predicted octanol–water partition coefficient (Wildman–Crippen LogP) is 2.95. The van der Waals surface area contributed by atoms with Crippen LogP contribution in [0.1, 0.15) is 24.1 Å². The highest BCUT2D eigenvalue weighted by Crippen LogP contribution is 2.19. The molecule has 0 spiro atoms. The monoisotopic (exact) mass is 272 g/mol. The number of pyridine rings is 1. The lowest BCUT2D eigenvalue weighted by atomic mass is 10.1. The molecule has 2 aromatic rings. The van der Waals surface area contributed by atoms with Crippen LogP contribution in [0.15, 0.2) is 42.6 Å². The Kier molecular flexibility index (Phi) is 4.96. The fraction of sp³-hybridized carbons (Fsp3) is 0.312. The van der Waals surface area contributed by atoms with Crippen molar-refractivity contribution in [2.24, 2.45) is 0 Å². The van der Waals surface area contributed by atoms with E-state index in [2.05, 4.69) is 29.4 Å². The molecule has 4 heteroatoms. The van der Waals surface area contributed by atoms with Crippen LogP contribution in [-0.4, -0.2) is 19.2 Å². The van der Waals surface area contributed by atoms with Crippen molar-refractivity contribution in [1.82, 2.24) is 10.3 Å². The molecule has 2 rings (SSSR count). The lowest BCUT2D eigenvalue weighted by Gasteiger charge is -2.15. The summed E-state index contributed by atoms with van der Waals surface area (Å²) < 4.78 is 10.4. The SMILES string of the molecule is COc1ccc([C@@H](C)NCc2cccnc2OC)cc1. The number of rotatable bonds is 6. The Balaban J connectivity index is 1.98. The van der Waals surface area contributed by atoms with Gasteiger partial charge in [-0.2, -0.15) is 0 Å². The van der Waals surface area contributed by atoms with Crippen LogP contribution in [0.4, 0.5) is 0 Å². The van der Waals surface area contributed by atoms with Crippen molar-refractivity contribution in [2.75, 3.05) is 14.2 Å². The molecule has 1 aromatic carbocycles. The molecule has 0 bridgehead atoms. The summed E-state index contributed by atoms with van der Waals surface area (Å²) in [5.74, 6) is 1.54. The Morgan fingerprint density at radius 1 is 1.10 bits per heavy atom. The standard InChI is InChI=1S/C16H20N2O2/c1-12(13-6-8-15(19-2)9-7-13)18-11-14-5-4-10-17-16(14)20-3/h4-10,12,18H,11H2,1-3H3/t12-/m1/s1. The van der Waals surface area contributed by atoms with Crippen molar-refractivity contribution in [3.63, 3.8) is 0 Å². The van der Waals surface area contributed by atoms with Crippen LogP contribution in [0.5, 0.6) is 11.6 Å². The number of hydrogen-bond acceptors (Lipinski definition) is 4. The van der Waals surface area contributed by atoms with Crippen LogP contribution in [0.3, 0.4) is 0 Å². The summed E-state index contributed by atoms with van der Waals surface area (Å²) in [5, 5.41) is 3.47. The van der Waals surface area contributed by atoms with E-state index in [1.807, 2.05) is 24.3 Å². The summed E-state index contributed by atoms with van der Waals surface area (Å²) in [5.41, 5.74) is 2.27. The minimum atomic E-state index is 0.241. The maximum Gasteiger partial charge on any atom is 0.217 e. The summed E-state index contributed by atoms with van der Waals surface area (Å²) in [7, 11) is 3.31. The zero-order valence-corrected chi connectivity index (χ0v) is 12.1. The van der Waals surface area contributed by atoms with Crippen molar-refractivity contribution in [3.05, 3.63) is 53.7 Å². The molecule has 0 saturated carbocycles. The van der Waals surface area contributed by atoms with Crippen LogP contribution < -0.4 is 14.8 Å². The van der Waals surface area contributed by atoms with Gasteiger partial charge in [0.1, 0.15) is 5.75 Å². The fourth-order valence-corrected chi connectivity index (χ4v) is 2.02. The van der Waals surface area contributed by atoms with Gasteiger partial charge in [-0.25, -0.2) is 4.98 Å². The first kappa shape index (κ1) is 14.3. The molecular weight excluding hydrogens is 252 g/mol. The minimum absolute atomic E-state index is 0.241. The molecule has 4 nitrogen and oxygen atoms in total. The second-order valence-corrected chi connectivity index (χ2v) is 4.55. The second-order valence-electron chi connectivity index (χ2n) is 4.55. The third kappa shape index (κ3) is 3.48. The molecule has 0 aliphatic heterocycles. The highest BCUT2D eigenvalue weighted by atomic mass is 16.5.